The molecule has 0 saturated heterocycles. The SMILES string of the molecule is CCN(C1CCC(N)CC1)C(CC#N)c1ccccc1. The van der Waals surface area contributed by atoms with Gasteiger partial charge in [0.15, 0.2) is 0 Å². The fourth-order valence-corrected chi connectivity index (χ4v) is 3.35. The number of benzene rings is 1. The van der Waals surface area contributed by atoms with Gasteiger partial charge in [0.05, 0.1) is 12.5 Å². The zero-order valence-electron chi connectivity index (χ0n) is 12.3. The van der Waals surface area contributed by atoms with Crippen molar-refractivity contribution in [2.45, 2.75) is 57.2 Å². The minimum absolute atomic E-state index is 0.213. The molecule has 1 unspecified atom stereocenters. The van der Waals surface area contributed by atoms with E-state index in [1.165, 1.54) is 5.56 Å². The Bertz CT molecular complexity index is 429. The van der Waals surface area contributed by atoms with Crippen LogP contribution in [0.25, 0.3) is 0 Å². The maximum Gasteiger partial charge on any atom is 0.0641 e. The van der Waals surface area contributed by atoms with Crippen LogP contribution in [0.5, 0.6) is 0 Å². The lowest BCUT2D eigenvalue weighted by atomic mass is 9.88. The Morgan fingerprint density at radius 3 is 2.45 bits per heavy atom. The van der Waals surface area contributed by atoms with Crippen LogP contribution in [0.1, 0.15) is 50.6 Å². The number of hydrogen-bond donors (Lipinski definition) is 1. The number of hydrogen-bond acceptors (Lipinski definition) is 3. The first-order valence-electron chi connectivity index (χ1n) is 7.69. The Morgan fingerprint density at radius 1 is 1.25 bits per heavy atom. The van der Waals surface area contributed by atoms with Crippen molar-refractivity contribution in [1.82, 2.24) is 4.90 Å². The molecule has 0 spiro atoms. The zero-order chi connectivity index (χ0) is 14.4. The second-order valence-corrected chi connectivity index (χ2v) is 5.69. The first-order valence-corrected chi connectivity index (χ1v) is 7.69. The molecule has 20 heavy (non-hydrogen) atoms. The summed E-state index contributed by atoms with van der Waals surface area (Å²) >= 11 is 0. The average molecular weight is 271 g/mol. The van der Waals surface area contributed by atoms with E-state index in [-0.39, 0.29) is 6.04 Å². The molecular formula is C17H25N3. The highest BCUT2D eigenvalue weighted by Gasteiger charge is 2.29. The van der Waals surface area contributed by atoms with Crippen LogP contribution in [0.4, 0.5) is 0 Å². The van der Waals surface area contributed by atoms with Gasteiger partial charge in [-0.3, -0.25) is 4.90 Å². The van der Waals surface area contributed by atoms with E-state index in [0.717, 1.165) is 32.2 Å². The summed E-state index contributed by atoms with van der Waals surface area (Å²) < 4.78 is 0. The average Bonchev–Trinajstić information content (AvgIpc) is 2.50. The summed E-state index contributed by atoms with van der Waals surface area (Å²) in [6.07, 6.45) is 5.08. The van der Waals surface area contributed by atoms with Crippen molar-refractivity contribution in [2.24, 2.45) is 5.73 Å². The molecule has 1 aliphatic rings. The van der Waals surface area contributed by atoms with Crippen molar-refractivity contribution in [3.8, 4) is 6.07 Å². The number of nitriles is 1. The van der Waals surface area contributed by atoms with Gasteiger partial charge in [0.1, 0.15) is 0 Å². The molecule has 1 fully saturated rings. The molecular weight excluding hydrogens is 246 g/mol. The van der Waals surface area contributed by atoms with Crippen LogP contribution in [0.15, 0.2) is 30.3 Å². The highest BCUT2D eigenvalue weighted by Crippen LogP contribution is 2.31. The minimum Gasteiger partial charge on any atom is -0.328 e. The zero-order valence-corrected chi connectivity index (χ0v) is 12.3. The molecule has 108 valence electrons. The first kappa shape index (κ1) is 15.0. The topological polar surface area (TPSA) is 53.0 Å². The summed E-state index contributed by atoms with van der Waals surface area (Å²) in [5.74, 6) is 0. The highest BCUT2D eigenvalue weighted by atomic mass is 15.2. The molecule has 1 aromatic carbocycles. The maximum absolute atomic E-state index is 9.19. The lowest BCUT2D eigenvalue weighted by Gasteiger charge is -2.40. The normalized spacial score (nSPS) is 24.3. The molecule has 0 heterocycles. The molecule has 1 aromatic rings. The van der Waals surface area contributed by atoms with Crippen molar-refractivity contribution in [3.05, 3.63) is 35.9 Å². The van der Waals surface area contributed by atoms with Gasteiger partial charge >= 0.3 is 0 Å². The lowest BCUT2D eigenvalue weighted by molar-refractivity contribution is 0.107. The van der Waals surface area contributed by atoms with Gasteiger partial charge in [-0.2, -0.15) is 5.26 Å². The monoisotopic (exact) mass is 271 g/mol. The molecule has 2 rings (SSSR count). The fourth-order valence-electron chi connectivity index (χ4n) is 3.35. The Kier molecular flexibility index (Phi) is 5.58. The van der Waals surface area contributed by atoms with Gasteiger partial charge in [0.25, 0.3) is 0 Å². The lowest BCUT2D eigenvalue weighted by Crippen LogP contribution is -2.42. The third kappa shape index (κ3) is 3.59. The molecule has 1 saturated carbocycles. The van der Waals surface area contributed by atoms with Gasteiger partial charge < -0.3 is 5.73 Å². The van der Waals surface area contributed by atoms with Crippen LogP contribution in [-0.4, -0.2) is 23.5 Å². The van der Waals surface area contributed by atoms with Crippen LogP contribution >= 0.6 is 0 Å². The smallest absolute Gasteiger partial charge is 0.0641 e. The Balaban J connectivity index is 2.15. The maximum atomic E-state index is 9.19. The van der Waals surface area contributed by atoms with E-state index in [2.05, 4.69) is 42.2 Å². The summed E-state index contributed by atoms with van der Waals surface area (Å²) in [5, 5.41) is 9.19. The summed E-state index contributed by atoms with van der Waals surface area (Å²) in [6, 6.07) is 13.9. The van der Waals surface area contributed by atoms with Gasteiger partial charge in [-0.05, 0) is 37.8 Å². The van der Waals surface area contributed by atoms with Gasteiger partial charge in [0.2, 0.25) is 0 Å². The standard InChI is InChI=1S/C17H25N3/c1-2-20(16-10-8-15(19)9-11-16)17(12-13-18)14-6-4-3-5-7-14/h3-7,15-17H,2,8-12,19H2,1H3. The van der Waals surface area contributed by atoms with E-state index in [9.17, 15) is 5.26 Å². The van der Waals surface area contributed by atoms with Gasteiger partial charge in [-0.15, -0.1) is 0 Å². The predicted octanol–water partition coefficient (Wildman–Crippen LogP) is 3.23. The van der Waals surface area contributed by atoms with Gasteiger partial charge in [-0.25, -0.2) is 0 Å². The Labute approximate surface area is 122 Å². The first-order chi connectivity index (χ1) is 9.76. The van der Waals surface area contributed by atoms with E-state index in [4.69, 9.17) is 5.73 Å². The van der Waals surface area contributed by atoms with Crippen molar-refractivity contribution < 1.29 is 0 Å². The molecule has 2 N–H and O–H groups in total. The van der Waals surface area contributed by atoms with Crippen molar-refractivity contribution in [2.75, 3.05) is 6.54 Å². The Hall–Kier alpha value is -1.37. The predicted molar refractivity (Wildman–Crippen MR) is 82.0 cm³/mol. The van der Waals surface area contributed by atoms with Crippen molar-refractivity contribution >= 4 is 0 Å². The van der Waals surface area contributed by atoms with Crippen LogP contribution in [-0.2, 0) is 0 Å². The summed E-state index contributed by atoms with van der Waals surface area (Å²) in [5.41, 5.74) is 7.27. The summed E-state index contributed by atoms with van der Waals surface area (Å²) in [6.45, 7) is 3.18. The molecule has 1 atom stereocenters. The van der Waals surface area contributed by atoms with Crippen molar-refractivity contribution in [1.29, 1.82) is 5.26 Å². The van der Waals surface area contributed by atoms with Gasteiger partial charge in [-0.1, -0.05) is 37.3 Å². The van der Waals surface area contributed by atoms with E-state index < -0.39 is 0 Å². The molecule has 0 aliphatic heterocycles. The minimum atomic E-state index is 0.213. The molecule has 3 nitrogen and oxygen atoms in total. The van der Waals surface area contributed by atoms with E-state index in [1.54, 1.807) is 0 Å². The van der Waals surface area contributed by atoms with Gasteiger partial charge in [0, 0.05) is 18.1 Å². The second-order valence-electron chi connectivity index (χ2n) is 5.69. The van der Waals surface area contributed by atoms with E-state index >= 15 is 0 Å². The second kappa shape index (κ2) is 7.42. The fraction of sp³-hybridized carbons (Fsp3) is 0.588. The quantitative estimate of drug-likeness (QED) is 0.894. The number of nitrogens with two attached hydrogens (primary N) is 1. The molecule has 3 heteroatoms. The van der Waals surface area contributed by atoms with Crippen LogP contribution < -0.4 is 5.73 Å². The van der Waals surface area contributed by atoms with Crippen LogP contribution in [0.3, 0.4) is 0 Å². The molecule has 0 aromatic heterocycles. The third-order valence-electron chi connectivity index (χ3n) is 4.44. The van der Waals surface area contributed by atoms with Crippen LogP contribution in [0.2, 0.25) is 0 Å². The number of rotatable bonds is 5. The molecule has 1 aliphatic carbocycles. The molecule has 0 radical (unpaired) electrons. The summed E-state index contributed by atoms with van der Waals surface area (Å²) in [7, 11) is 0. The molecule has 0 amide bonds. The largest absolute Gasteiger partial charge is 0.328 e. The van der Waals surface area contributed by atoms with E-state index in [0.29, 0.717) is 18.5 Å². The van der Waals surface area contributed by atoms with Crippen molar-refractivity contribution in [3.63, 3.8) is 0 Å². The Morgan fingerprint density at radius 2 is 1.90 bits per heavy atom. The highest BCUT2D eigenvalue weighted by molar-refractivity contribution is 5.20. The van der Waals surface area contributed by atoms with E-state index in [1.807, 2.05) is 6.07 Å². The molecule has 0 bridgehead atoms. The number of nitrogens with zero attached hydrogens (tertiary/aromatic N) is 2. The summed E-state index contributed by atoms with van der Waals surface area (Å²) in [4.78, 5) is 2.50. The third-order valence-corrected chi connectivity index (χ3v) is 4.44. The van der Waals surface area contributed by atoms with Crippen LogP contribution in [0, 0.1) is 11.3 Å².